The van der Waals surface area contributed by atoms with Gasteiger partial charge in [-0.3, -0.25) is 10.1 Å². The zero-order chi connectivity index (χ0) is 14.5. The van der Waals surface area contributed by atoms with Crippen LogP contribution in [0.25, 0.3) is 0 Å². The first kappa shape index (κ1) is 14.2. The van der Waals surface area contributed by atoms with Crippen LogP contribution in [0.3, 0.4) is 0 Å². The summed E-state index contributed by atoms with van der Waals surface area (Å²) in [5.41, 5.74) is 8.55. The summed E-state index contributed by atoms with van der Waals surface area (Å²) < 4.78 is 0. The van der Waals surface area contributed by atoms with Crippen molar-refractivity contribution >= 4 is 5.69 Å². The zero-order valence-corrected chi connectivity index (χ0v) is 11.4. The molecule has 104 valence electrons. The van der Waals surface area contributed by atoms with Crippen molar-refractivity contribution in [3.05, 3.63) is 75.8 Å². The third-order valence-corrected chi connectivity index (χ3v) is 3.50. The second-order valence-corrected chi connectivity index (χ2v) is 5.04. The third-order valence-electron chi connectivity index (χ3n) is 3.50. The Morgan fingerprint density at radius 1 is 1.10 bits per heavy atom. The first-order valence-corrected chi connectivity index (χ1v) is 6.62. The Labute approximate surface area is 118 Å². The standard InChI is InChI=1S/C16H18N2O2/c1-12(16(17)14-5-3-2-4-6-14)11-13-7-9-15(10-8-13)18(19)20/h2-10,12,16H,11,17H2,1H3. The van der Waals surface area contributed by atoms with E-state index in [0.717, 1.165) is 17.5 Å². The van der Waals surface area contributed by atoms with Gasteiger partial charge in [-0.25, -0.2) is 0 Å². The van der Waals surface area contributed by atoms with E-state index in [1.807, 2.05) is 30.3 Å². The van der Waals surface area contributed by atoms with Crippen molar-refractivity contribution in [2.24, 2.45) is 11.7 Å². The molecule has 2 N–H and O–H groups in total. The Morgan fingerprint density at radius 3 is 2.25 bits per heavy atom. The molecule has 0 aromatic heterocycles. The van der Waals surface area contributed by atoms with Crippen molar-refractivity contribution in [1.29, 1.82) is 0 Å². The maximum Gasteiger partial charge on any atom is 0.269 e. The minimum Gasteiger partial charge on any atom is -0.324 e. The summed E-state index contributed by atoms with van der Waals surface area (Å²) in [6.07, 6.45) is 0.800. The van der Waals surface area contributed by atoms with Gasteiger partial charge >= 0.3 is 0 Å². The summed E-state index contributed by atoms with van der Waals surface area (Å²) >= 11 is 0. The van der Waals surface area contributed by atoms with E-state index in [2.05, 4.69) is 6.92 Å². The van der Waals surface area contributed by atoms with Crippen molar-refractivity contribution in [2.75, 3.05) is 0 Å². The van der Waals surface area contributed by atoms with Gasteiger partial charge in [0.1, 0.15) is 0 Å². The van der Waals surface area contributed by atoms with E-state index in [4.69, 9.17) is 5.73 Å². The number of non-ortho nitro benzene ring substituents is 1. The van der Waals surface area contributed by atoms with E-state index in [-0.39, 0.29) is 22.6 Å². The summed E-state index contributed by atoms with van der Waals surface area (Å²) in [7, 11) is 0. The fourth-order valence-electron chi connectivity index (χ4n) is 2.26. The maximum absolute atomic E-state index is 10.6. The summed E-state index contributed by atoms with van der Waals surface area (Å²) in [5, 5.41) is 10.6. The van der Waals surface area contributed by atoms with Crippen LogP contribution in [0.1, 0.15) is 24.1 Å². The molecule has 0 amide bonds. The van der Waals surface area contributed by atoms with Gasteiger partial charge in [-0.15, -0.1) is 0 Å². The molecule has 4 nitrogen and oxygen atoms in total. The van der Waals surface area contributed by atoms with Crippen LogP contribution in [0.5, 0.6) is 0 Å². The van der Waals surface area contributed by atoms with E-state index < -0.39 is 0 Å². The van der Waals surface area contributed by atoms with Gasteiger partial charge < -0.3 is 5.73 Å². The Hall–Kier alpha value is -2.20. The van der Waals surface area contributed by atoms with Gasteiger partial charge in [0.25, 0.3) is 5.69 Å². The lowest BCUT2D eigenvalue weighted by atomic mass is 9.90. The van der Waals surface area contributed by atoms with Crippen molar-refractivity contribution in [1.82, 2.24) is 0 Å². The van der Waals surface area contributed by atoms with Crippen LogP contribution in [0.2, 0.25) is 0 Å². The molecule has 2 rings (SSSR count). The largest absolute Gasteiger partial charge is 0.324 e. The first-order chi connectivity index (χ1) is 9.58. The van der Waals surface area contributed by atoms with Crippen molar-refractivity contribution in [3.63, 3.8) is 0 Å². The summed E-state index contributed by atoms with van der Waals surface area (Å²) in [5.74, 6) is 0.263. The number of hydrogen-bond acceptors (Lipinski definition) is 3. The highest BCUT2D eigenvalue weighted by Gasteiger charge is 2.15. The van der Waals surface area contributed by atoms with Crippen LogP contribution < -0.4 is 5.73 Å². The van der Waals surface area contributed by atoms with E-state index in [1.54, 1.807) is 12.1 Å². The minimum absolute atomic E-state index is 0.0357. The molecule has 0 bridgehead atoms. The van der Waals surface area contributed by atoms with Gasteiger partial charge in [0.05, 0.1) is 4.92 Å². The highest BCUT2D eigenvalue weighted by Crippen LogP contribution is 2.23. The maximum atomic E-state index is 10.6. The van der Waals surface area contributed by atoms with Gasteiger partial charge in [0.15, 0.2) is 0 Å². The Morgan fingerprint density at radius 2 is 1.70 bits per heavy atom. The molecule has 0 saturated carbocycles. The van der Waals surface area contributed by atoms with E-state index in [1.165, 1.54) is 12.1 Å². The molecule has 0 radical (unpaired) electrons. The van der Waals surface area contributed by atoms with Crippen molar-refractivity contribution < 1.29 is 4.92 Å². The highest BCUT2D eigenvalue weighted by molar-refractivity contribution is 5.33. The SMILES string of the molecule is CC(Cc1ccc([N+](=O)[O-])cc1)C(N)c1ccccc1. The molecule has 2 unspecified atom stereocenters. The lowest BCUT2D eigenvalue weighted by Gasteiger charge is -2.20. The number of rotatable bonds is 5. The van der Waals surface area contributed by atoms with Gasteiger partial charge in [0.2, 0.25) is 0 Å². The number of hydrogen-bond donors (Lipinski definition) is 1. The third kappa shape index (κ3) is 3.42. The predicted molar refractivity (Wildman–Crippen MR) is 79.3 cm³/mol. The summed E-state index contributed by atoms with van der Waals surface area (Å²) in [6.45, 7) is 2.10. The summed E-state index contributed by atoms with van der Waals surface area (Å²) in [6, 6.07) is 16.6. The normalized spacial score (nSPS) is 13.7. The molecule has 2 atom stereocenters. The Kier molecular flexibility index (Phi) is 4.48. The molecule has 0 aliphatic heterocycles. The average molecular weight is 270 g/mol. The molecule has 0 fully saturated rings. The molecule has 2 aromatic rings. The van der Waals surface area contributed by atoms with Crippen LogP contribution >= 0.6 is 0 Å². The minimum atomic E-state index is -0.386. The summed E-state index contributed by atoms with van der Waals surface area (Å²) in [4.78, 5) is 10.2. The van der Waals surface area contributed by atoms with Crippen LogP contribution in [0.4, 0.5) is 5.69 Å². The van der Waals surface area contributed by atoms with Crippen LogP contribution in [-0.4, -0.2) is 4.92 Å². The molecular weight excluding hydrogens is 252 g/mol. The van der Waals surface area contributed by atoms with Crippen LogP contribution in [-0.2, 0) is 6.42 Å². The van der Waals surface area contributed by atoms with Gasteiger partial charge in [-0.1, -0.05) is 49.4 Å². The van der Waals surface area contributed by atoms with Crippen molar-refractivity contribution in [2.45, 2.75) is 19.4 Å². The molecule has 0 saturated heterocycles. The second kappa shape index (κ2) is 6.30. The van der Waals surface area contributed by atoms with Crippen LogP contribution in [0, 0.1) is 16.0 Å². The quantitative estimate of drug-likeness (QED) is 0.668. The van der Waals surface area contributed by atoms with Crippen LogP contribution in [0.15, 0.2) is 54.6 Å². The average Bonchev–Trinajstić information content (AvgIpc) is 2.48. The highest BCUT2D eigenvalue weighted by atomic mass is 16.6. The van der Waals surface area contributed by atoms with E-state index in [9.17, 15) is 10.1 Å². The molecule has 2 aromatic carbocycles. The van der Waals surface area contributed by atoms with Gasteiger partial charge in [-0.2, -0.15) is 0 Å². The number of nitro groups is 1. The molecule has 20 heavy (non-hydrogen) atoms. The lowest BCUT2D eigenvalue weighted by molar-refractivity contribution is -0.384. The molecule has 0 heterocycles. The molecule has 0 aliphatic carbocycles. The topological polar surface area (TPSA) is 69.2 Å². The molecular formula is C16H18N2O2. The van der Waals surface area contributed by atoms with E-state index >= 15 is 0 Å². The van der Waals surface area contributed by atoms with Gasteiger partial charge in [0, 0.05) is 18.2 Å². The van der Waals surface area contributed by atoms with E-state index in [0.29, 0.717) is 0 Å². The number of nitrogens with two attached hydrogens (primary N) is 1. The molecule has 0 spiro atoms. The lowest BCUT2D eigenvalue weighted by Crippen LogP contribution is -2.20. The Balaban J connectivity index is 2.04. The molecule has 0 aliphatic rings. The fraction of sp³-hybridized carbons (Fsp3) is 0.250. The second-order valence-electron chi connectivity index (χ2n) is 5.04. The Bertz CT molecular complexity index is 567. The number of nitro benzene ring substituents is 1. The first-order valence-electron chi connectivity index (χ1n) is 6.62. The molecule has 4 heteroatoms. The van der Waals surface area contributed by atoms with Crippen molar-refractivity contribution in [3.8, 4) is 0 Å². The number of nitrogens with zero attached hydrogens (tertiary/aromatic N) is 1. The smallest absolute Gasteiger partial charge is 0.269 e. The predicted octanol–water partition coefficient (Wildman–Crippen LogP) is 3.47. The number of benzene rings is 2. The van der Waals surface area contributed by atoms with Gasteiger partial charge in [-0.05, 0) is 23.5 Å². The fourth-order valence-corrected chi connectivity index (χ4v) is 2.26. The monoisotopic (exact) mass is 270 g/mol. The zero-order valence-electron chi connectivity index (χ0n) is 11.4.